The Bertz CT molecular complexity index is 490. The molecule has 1 amide bonds. The number of likely N-dealkylation sites (N-methyl/N-ethyl adjacent to an activating group) is 1. The Kier molecular flexibility index (Phi) is 3.47. The van der Waals surface area contributed by atoms with Gasteiger partial charge in [-0.3, -0.25) is 9.69 Å². The molecule has 0 spiro atoms. The topological polar surface area (TPSA) is 23.6 Å². The standard InChI is InChI=1S/C13H16BrFN2O/c1-13(2)12(18)17(7-6-16(13)3)11-8-9(14)4-5-10(11)15/h4-5,8H,6-7H2,1-3H3. The predicted molar refractivity (Wildman–Crippen MR) is 73.2 cm³/mol. The van der Waals surface area contributed by atoms with E-state index in [0.717, 1.165) is 11.0 Å². The van der Waals surface area contributed by atoms with Crippen molar-refractivity contribution < 1.29 is 9.18 Å². The minimum absolute atomic E-state index is 0.0757. The molecule has 0 aliphatic carbocycles. The van der Waals surface area contributed by atoms with Crippen LogP contribution in [0.1, 0.15) is 13.8 Å². The summed E-state index contributed by atoms with van der Waals surface area (Å²) in [5.74, 6) is -0.444. The Labute approximate surface area is 115 Å². The van der Waals surface area contributed by atoms with E-state index in [9.17, 15) is 9.18 Å². The summed E-state index contributed by atoms with van der Waals surface area (Å²) < 4.78 is 14.6. The Morgan fingerprint density at radius 3 is 2.67 bits per heavy atom. The molecule has 1 aliphatic rings. The lowest BCUT2D eigenvalue weighted by molar-refractivity contribution is -0.130. The fraction of sp³-hybridized carbons (Fsp3) is 0.462. The van der Waals surface area contributed by atoms with Gasteiger partial charge in [-0.25, -0.2) is 4.39 Å². The Hall–Kier alpha value is -0.940. The van der Waals surface area contributed by atoms with Gasteiger partial charge in [-0.15, -0.1) is 0 Å². The number of hydrogen-bond donors (Lipinski definition) is 0. The molecule has 98 valence electrons. The number of anilines is 1. The summed E-state index contributed by atoms with van der Waals surface area (Å²) in [6.45, 7) is 4.95. The number of halogens is 2. The van der Waals surface area contributed by atoms with Crippen LogP contribution in [0, 0.1) is 5.82 Å². The number of carbonyl (C=O) groups excluding carboxylic acids is 1. The second-order valence-corrected chi connectivity index (χ2v) is 5.95. The van der Waals surface area contributed by atoms with E-state index in [1.54, 1.807) is 12.1 Å². The Morgan fingerprint density at radius 2 is 2.00 bits per heavy atom. The SMILES string of the molecule is CN1CCN(c2cc(Br)ccc2F)C(=O)C1(C)C. The molecule has 5 heteroatoms. The van der Waals surface area contributed by atoms with E-state index in [2.05, 4.69) is 15.9 Å². The van der Waals surface area contributed by atoms with E-state index in [4.69, 9.17) is 0 Å². The van der Waals surface area contributed by atoms with Gasteiger partial charge in [0.1, 0.15) is 5.82 Å². The molecule has 0 aromatic heterocycles. The van der Waals surface area contributed by atoms with Crippen LogP contribution in [-0.2, 0) is 4.79 Å². The van der Waals surface area contributed by atoms with Crippen molar-refractivity contribution in [2.24, 2.45) is 0 Å². The monoisotopic (exact) mass is 314 g/mol. The highest BCUT2D eigenvalue weighted by atomic mass is 79.9. The average Bonchev–Trinajstić information content (AvgIpc) is 2.31. The van der Waals surface area contributed by atoms with Crippen LogP contribution in [0.25, 0.3) is 0 Å². The summed E-state index contributed by atoms with van der Waals surface area (Å²) in [6.07, 6.45) is 0. The molecular formula is C13H16BrFN2O. The number of piperazine rings is 1. The van der Waals surface area contributed by atoms with Crippen molar-refractivity contribution in [3.63, 3.8) is 0 Å². The lowest BCUT2D eigenvalue weighted by Gasteiger charge is -2.44. The highest BCUT2D eigenvalue weighted by Gasteiger charge is 2.40. The van der Waals surface area contributed by atoms with E-state index in [0.29, 0.717) is 12.2 Å². The van der Waals surface area contributed by atoms with Crippen molar-refractivity contribution in [2.75, 3.05) is 25.0 Å². The molecule has 1 aliphatic heterocycles. The maximum absolute atomic E-state index is 13.8. The third-order valence-electron chi connectivity index (χ3n) is 3.58. The molecule has 1 aromatic carbocycles. The molecule has 1 fully saturated rings. The normalized spacial score (nSPS) is 20.3. The third-order valence-corrected chi connectivity index (χ3v) is 4.07. The predicted octanol–water partition coefficient (Wildman–Crippen LogP) is 2.65. The van der Waals surface area contributed by atoms with Crippen LogP contribution in [-0.4, -0.2) is 36.5 Å². The summed E-state index contributed by atoms with van der Waals surface area (Å²) in [5, 5.41) is 0. The maximum atomic E-state index is 13.8. The van der Waals surface area contributed by atoms with Crippen LogP contribution in [0.4, 0.5) is 10.1 Å². The van der Waals surface area contributed by atoms with Crippen LogP contribution < -0.4 is 4.90 Å². The van der Waals surface area contributed by atoms with E-state index in [-0.39, 0.29) is 11.7 Å². The van der Waals surface area contributed by atoms with Crippen molar-refractivity contribution in [3.8, 4) is 0 Å². The highest BCUT2D eigenvalue weighted by Crippen LogP contribution is 2.29. The van der Waals surface area contributed by atoms with Gasteiger partial charge in [0.15, 0.2) is 0 Å². The molecule has 0 atom stereocenters. The van der Waals surface area contributed by atoms with Crippen molar-refractivity contribution in [1.82, 2.24) is 4.90 Å². The number of rotatable bonds is 1. The van der Waals surface area contributed by atoms with Gasteiger partial charge in [0, 0.05) is 17.6 Å². The smallest absolute Gasteiger partial charge is 0.247 e. The van der Waals surface area contributed by atoms with Crippen molar-refractivity contribution >= 4 is 27.5 Å². The van der Waals surface area contributed by atoms with Gasteiger partial charge in [0.25, 0.3) is 0 Å². The van der Waals surface area contributed by atoms with Crippen LogP contribution in [0.15, 0.2) is 22.7 Å². The highest BCUT2D eigenvalue weighted by molar-refractivity contribution is 9.10. The third kappa shape index (κ3) is 2.17. The van der Waals surface area contributed by atoms with Gasteiger partial charge in [-0.05, 0) is 39.1 Å². The molecule has 2 rings (SSSR count). The number of amides is 1. The van der Waals surface area contributed by atoms with Gasteiger partial charge in [0.05, 0.1) is 11.2 Å². The maximum Gasteiger partial charge on any atom is 0.247 e. The first-order valence-electron chi connectivity index (χ1n) is 5.82. The molecule has 0 N–H and O–H groups in total. The van der Waals surface area contributed by atoms with Gasteiger partial charge in [0.2, 0.25) is 5.91 Å². The average molecular weight is 315 g/mol. The molecule has 1 saturated heterocycles. The molecule has 3 nitrogen and oxygen atoms in total. The van der Waals surface area contributed by atoms with Gasteiger partial charge in [-0.2, -0.15) is 0 Å². The summed E-state index contributed by atoms with van der Waals surface area (Å²) in [5.41, 5.74) is -0.261. The van der Waals surface area contributed by atoms with E-state index in [1.165, 1.54) is 11.0 Å². The van der Waals surface area contributed by atoms with Crippen molar-refractivity contribution in [1.29, 1.82) is 0 Å². The van der Waals surface area contributed by atoms with Crippen LogP contribution in [0.2, 0.25) is 0 Å². The first-order valence-corrected chi connectivity index (χ1v) is 6.61. The summed E-state index contributed by atoms with van der Waals surface area (Å²) in [7, 11) is 1.91. The lowest BCUT2D eigenvalue weighted by Crippen LogP contribution is -2.62. The zero-order valence-electron chi connectivity index (χ0n) is 10.7. The molecule has 0 saturated carbocycles. The zero-order chi connectivity index (χ0) is 13.5. The van der Waals surface area contributed by atoms with E-state index >= 15 is 0 Å². The lowest BCUT2D eigenvalue weighted by atomic mass is 9.98. The second-order valence-electron chi connectivity index (χ2n) is 5.03. The molecule has 0 unspecified atom stereocenters. The summed E-state index contributed by atoms with van der Waals surface area (Å²) in [6, 6.07) is 4.65. The van der Waals surface area contributed by atoms with Crippen LogP contribution >= 0.6 is 15.9 Å². The number of benzene rings is 1. The van der Waals surface area contributed by atoms with Crippen molar-refractivity contribution in [2.45, 2.75) is 19.4 Å². The Balaban J connectivity index is 2.40. The van der Waals surface area contributed by atoms with E-state index in [1.807, 2.05) is 25.8 Å². The molecule has 0 bridgehead atoms. The van der Waals surface area contributed by atoms with Gasteiger partial charge >= 0.3 is 0 Å². The van der Waals surface area contributed by atoms with Crippen molar-refractivity contribution in [3.05, 3.63) is 28.5 Å². The zero-order valence-corrected chi connectivity index (χ0v) is 12.3. The van der Waals surface area contributed by atoms with E-state index < -0.39 is 5.54 Å². The number of carbonyl (C=O) groups is 1. The quantitative estimate of drug-likeness (QED) is 0.795. The minimum Gasteiger partial charge on any atom is -0.307 e. The summed E-state index contributed by atoms with van der Waals surface area (Å²) in [4.78, 5) is 15.9. The van der Waals surface area contributed by atoms with Crippen LogP contribution in [0.5, 0.6) is 0 Å². The molecule has 1 heterocycles. The second kappa shape index (κ2) is 4.63. The largest absolute Gasteiger partial charge is 0.307 e. The fourth-order valence-electron chi connectivity index (χ4n) is 2.05. The molecule has 0 radical (unpaired) electrons. The van der Waals surface area contributed by atoms with Gasteiger partial charge < -0.3 is 4.90 Å². The first kappa shape index (κ1) is 13.5. The number of hydrogen-bond acceptors (Lipinski definition) is 2. The fourth-order valence-corrected chi connectivity index (χ4v) is 2.40. The molecule has 1 aromatic rings. The first-order chi connectivity index (χ1) is 8.34. The minimum atomic E-state index is -0.604. The Morgan fingerprint density at radius 1 is 1.33 bits per heavy atom. The summed E-state index contributed by atoms with van der Waals surface area (Å²) >= 11 is 3.31. The molecular weight excluding hydrogens is 299 g/mol. The molecule has 18 heavy (non-hydrogen) atoms. The van der Waals surface area contributed by atoms with Crippen LogP contribution in [0.3, 0.4) is 0 Å². The van der Waals surface area contributed by atoms with Gasteiger partial charge in [-0.1, -0.05) is 15.9 Å². The number of nitrogens with zero attached hydrogens (tertiary/aromatic N) is 2.